The molecule has 6 nitrogen and oxygen atoms in total. The van der Waals surface area contributed by atoms with E-state index in [1.54, 1.807) is 42.5 Å². The molecule has 0 saturated carbocycles. The van der Waals surface area contributed by atoms with Gasteiger partial charge in [-0.1, -0.05) is 29.8 Å². The molecule has 0 aromatic heterocycles. The van der Waals surface area contributed by atoms with Crippen LogP contribution in [0.3, 0.4) is 0 Å². The van der Waals surface area contributed by atoms with Crippen LogP contribution >= 0.6 is 11.6 Å². The van der Waals surface area contributed by atoms with Gasteiger partial charge in [-0.15, -0.1) is 0 Å². The van der Waals surface area contributed by atoms with E-state index in [1.165, 1.54) is 14.2 Å². The number of carbonyl (C=O) groups excluding carboxylic acids is 2. The van der Waals surface area contributed by atoms with E-state index in [0.29, 0.717) is 27.8 Å². The molecule has 0 bridgehead atoms. The van der Waals surface area contributed by atoms with E-state index < -0.39 is 18.5 Å². The van der Waals surface area contributed by atoms with Crippen LogP contribution in [0.15, 0.2) is 42.5 Å². The zero-order valence-electron chi connectivity index (χ0n) is 13.9. The highest BCUT2D eigenvalue weighted by atomic mass is 35.5. The molecule has 1 N–H and O–H groups in total. The first-order valence-corrected chi connectivity index (χ1v) is 7.82. The second-order valence-electron chi connectivity index (χ2n) is 5.05. The largest absolute Gasteiger partial charge is 0.496 e. The molecule has 7 heteroatoms. The van der Waals surface area contributed by atoms with E-state index in [1.807, 2.05) is 0 Å². The lowest BCUT2D eigenvalue weighted by Crippen LogP contribution is -2.21. The number of esters is 1. The maximum Gasteiger partial charge on any atom is 0.310 e. The number of ether oxygens (including phenoxy) is 3. The third-order valence-corrected chi connectivity index (χ3v) is 3.62. The Morgan fingerprint density at radius 2 is 1.76 bits per heavy atom. The van der Waals surface area contributed by atoms with Gasteiger partial charge in [0.15, 0.2) is 6.61 Å². The SMILES string of the molecule is COc1ccc(NC(=O)COC(=O)Cc2ccccc2OC)cc1Cl. The first-order chi connectivity index (χ1) is 12.0. The van der Waals surface area contributed by atoms with Crippen LogP contribution in [-0.2, 0) is 20.7 Å². The van der Waals surface area contributed by atoms with Crippen molar-refractivity contribution in [2.45, 2.75) is 6.42 Å². The summed E-state index contributed by atoms with van der Waals surface area (Å²) in [5.74, 6) is 0.113. The number of methoxy groups -OCH3 is 2. The Hall–Kier alpha value is -2.73. The topological polar surface area (TPSA) is 73.9 Å². The van der Waals surface area contributed by atoms with Crippen LogP contribution in [0.4, 0.5) is 5.69 Å². The molecular formula is C18H18ClNO5. The van der Waals surface area contributed by atoms with Crippen molar-refractivity contribution in [2.75, 3.05) is 26.1 Å². The lowest BCUT2D eigenvalue weighted by Gasteiger charge is -2.10. The summed E-state index contributed by atoms with van der Waals surface area (Å²) < 4.78 is 15.2. The first kappa shape index (κ1) is 18.6. The van der Waals surface area contributed by atoms with Gasteiger partial charge in [-0.25, -0.2) is 0 Å². The van der Waals surface area contributed by atoms with E-state index in [4.69, 9.17) is 25.8 Å². The average Bonchev–Trinajstić information content (AvgIpc) is 2.60. The van der Waals surface area contributed by atoms with Crippen molar-refractivity contribution in [3.8, 4) is 11.5 Å². The van der Waals surface area contributed by atoms with E-state index in [2.05, 4.69) is 5.32 Å². The molecule has 132 valence electrons. The molecule has 2 aromatic rings. The number of nitrogens with one attached hydrogen (secondary N) is 1. The molecule has 0 atom stereocenters. The fourth-order valence-electron chi connectivity index (χ4n) is 2.14. The highest BCUT2D eigenvalue weighted by Crippen LogP contribution is 2.27. The number of benzene rings is 2. The maximum absolute atomic E-state index is 11.9. The summed E-state index contributed by atoms with van der Waals surface area (Å²) in [5.41, 5.74) is 1.17. The van der Waals surface area contributed by atoms with Crippen molar-refractivity contribution in [1.82, 2.24) is 0 Å². The number of hydrogen-bond donors (Lipinski definition) is 1. The van der Waals surface area contributed by atoms with Gasteiger partial charge in [0.25, 0.3) is 5.91 Å². The number of anilines is 1. The van der Waals surface area contributed by atoms with E-state index in [-0.39, 0.29) is 6.42 Å². The fraction of sp³-hybridized carbons (Fsp3) is 0.222. The van der Waals surface area contributed by atoms with Gasteiger partial charge in [0, 0.05) is 11.3 Å². The normalized spacial score (nSPS) is 10.0. The van der Waals surface area contributed by atoms with Gasteiger partial charge in [0.05, 0.1) is 25.7 Å². The molecule has 0 aliphatic rings. The van der Waals surface area contributed by atoms with E-state index in [0.717, 1.165) is 0 Å². The van der Waals surface area contributed by atoms with Crippen molar-refractivity contribution >= 4 is 29.2 Å². The molecule has 0 saturated heterocycles. The quantitative estimate of drug-likeness (QED) is 0.765. The van der Waals surface area contributed by atoms with Crippen LogP contribution in [0, 0.1) is 0 Å². The van der Waals surface area contributed by atoms with E-state index in [9.17, 15) is 9.59 Å². The molecular weight excluding hydrogens is 346 g/mol. The van der Waals surface area contributed by atoms with Gasteiger partial charge in [-0.3, -0.25) is 9.59 Å². The van der Waals surface area contributed by atoms with Crippen LogP contribution in [0.25, 0.3) is 0 Å². The zero-order chi connectivity index (χ0) is 18.2. The van der Waals surface area contributed by atoms with Crippen molar-refractivity contribution in [1.29, 1.82) is 0 Å². The summed E-state index contributed by atoms with van der Waals surface area (Å²) >= 11 is 5.99. The van der Waals surface area contributed by atoms with Crippen LogP contribution in [-0.4, -0.2) is 32.7 Å². The smallest absolute Gasteiger partial charge is 0.310 e. The van der Waals surface area contributed by atoms with Crippen LogP contribution in [0.2, 0.25) is 5.02 Å². The molecule has 0 spiro atoms. The van der Waals surface area contributed by atoms with Crippen molar-refractivity contribution < 1.29 is 23.8 Å². The van der Waals surface area contributed by atoms with Crippen LogP contribution in [0.1, 0.15) is 5.56 Å². The van der Waals surface area contributed by atoms with E-state index >= 15 is 0 Å². The van der Waals surface area contributed by atoms with Gasteiger partial charge in [0.1, 0.15) is 11.5 Å². The lowest BCUT2D eigenvalue weighted by molar-refractivity contribution is -0.146. The molecule has 0 fully saturated rings. The molecule has 25 heavy (non-hydrogen) atoms. The fourth-order valence-corrected chi connectivity index (χ4v) is 2.40. The summed E-state index contributed by atoms with van der Waals surface area (Å²) in [4.78, 5) is 23.8. The minimum absolute atomic E-state index is 0.0195. The Morgan fingerprint density at radius 3 is 2.44 bits per heavy atom. The number of carbonyl (C=O) groups is 2. The van der Waals surface area contributed by atoms with Gasteiger partial charge in [-0.2, -0.15) is 0 Å². The number of halogens is 1. The average molecular weight is 364 g/mol. The number of hydrogen-bond acceptors (Lipinski definition) is 5. The standard InChI is InChI=1S/C18H18ClNO5/c1-23-15-6-4-3-5-12(15)9-18(22)25-11-17(21)20-13-7-8-16(24-2)14(19)10-13/h3-8,10H,9,11H2,1-2H3,(H,20,21). The Kier molecular flexibility index (Phi) is 6.65. The summed E-state index contributed by atoms with van der Waals surface area (Å²) in [6, 6.07) is 11.9. The first-order valence-electron chi connectivity index (χ1n) is 7.44. The molecule has 1 amide bonds. The lowest BCUT2D eigenvalue weighted by atomic mass is 10.1. The molecule has 0 aliphatic heterocycles. The van der Waals surface area contributed by atoms with Gasteiger partial charge in [-0.05, 0) is 24.3 Å². The predicted octanol–water partition coefficient (Wildman–Crippen LogP) is 3.08. The molecule has 0 heterocycles. The third kappa shape index (κ3) is 5.39. The molecule has 0 radical (unpaired) electrons. The predicted molar refractivity (Wildman–Crippen MR) is 94.3 cm³/mol. The number of rotatable bonds is 7. The minimum atomic E-state index is -0.521. The highest BCUT2D eigenvalue weighted by molar-refractivity contribution is 6.32. The van der Waals surface area contributed by atoms with Gasteiger partial charge < -0.3 is 19.5 Å². The minimum Gasteiger partial charge on any atom is -0.496 e. The Bertz CT molecular complexity index is 763. The van der Waals surface area contributed by atoms with Crippen molar-refractivity contribution in [3.05, 3.63) is 53.1 Å². The Morgan fingerprint density at radius 1 is 1.04 bits per heavy atom. The molecule has 2 rings (SSSR count). The number of para-hydroxylation sites is 1. The van der Waals surface area contributed by atoms with Gasteiger partial charge in [0.2, 0.25) is 0 Å². The van der Waals surface area contributed by atoms with Crippen LogP contribution in [0.5, 0.6) is 11.5 Å². The summed E-state index contributed by atoms with van der Waals surface area (Å²) in [7, 11) is 3.03. The molecule has 0 aliphatic carbocycles. The third-order valence-electron chi connectivity index (χ3n) is 3.33. The molecule has 0 unspecified atom stereocenters. The zero-order valence-corrected chi connectivity index (χ0v) is 14.6. The monoisotopic (exact) mass is 363 g/mol. The molecule has 2 aromatic carbocycles. The highest BCUT2D eigenvalue weighted by Gasteiger charge is 2.12. The van der Waals surface area contributed by atoms with Crippen molar-refractivity contribution in [2.24, 2.45) is 0 Å². The second kappa shape index (κ2) is 8.94. The summed E-state index contributed by atoms with van der Waals surface area (Å²) in [5, 5.41) is 2.96. The summed E-state index contributed by atoms with van der Waals surface area (Å²) in [6.45, 7) is -0.391. The van der Waals surface area contributed by atoms with Crippen LogP contribution < -0.4 is 14.8 Å². The number of amides is 1. The second-order valence-corrected chi connectivity index (χ2v) is 5.45. The maximum atomic E-state index is 11.9. The Labute approximate surface area is 150 Å². The Balaban J connectivity index is 1.85. The van der Waals surface area contributed by atoms with Gasteiger partial charge >= 0.3 is 5.97 Å². The van der Waals surface area contributed by atoms with Crippen molar-refractivity contribution in [3.63, 3.8) is 0 Å². The summed E-state index contributed by atoms with van der Waals surface area (Å²) in [6.07, 6.45) is 0.0195.